The molecule has 1 aliphatic heterocycles. The Morgan fingerprint density at radius 3 is 2.88 bits per heavy atom. The fourth-order valence-electron chi connectivity index (χ4n) is 3.26. The molecule has 0 saturated carbocycles. The Morgan fingerprint density at radius 1 is 1.21 bits per heavy atom. The Morgan fingerprint density at radius 2 is 2.08 bits per heavy atom. The molecule has 0 bridgehead atoms. The highest BCUT2D eigenvalue weighted by molar-refractivity contribution is 5.48. The van der Waals surface area contributed by atoms with E-state index in [1.165, 1.54) is 0 Å². The zero-order valence-electron chi connectivity index (χ0n) is 14.3. The third-order valence-corrected chi connectivity index (χ3v) is 4.41. The van der Waals surface area contributed by atoms with Gasteiger partial charge in [-0.25, -0.2) is 4.98 Å². The summed E-state index contributed by atoms with van der Waals surface area (Å²) < 4.78 is 4.06. The second-order valence-electron chi connectivity index (χ2n) is 6.53. The maximum atomic E-state index is 4.58. The minimum atomic E-state index is 0.386. The summed E-state index contributed by atoms with van der Waals surface area (Å²) in [7, 11) is 0. The van der Waals surface area contributed by atoms with Gasteiger partial charge in [0.2, 0.25) is 0 Å². The van der Waals surface area contributed by atoms with Crippen LogP contribution in [0.1, 0.15) is 50.5 Å². The zero-order valence-corrected chi connectivity index (χ0v) is 14.3. The number of nitrogens with zero attached hydrogens (tertiary/aromatic N) is 8. The Labute approximate surface area is 140 Å². The second kappa shape index (κ2) is 5.85. The van der Waals surface area contributed by atoms with E-state index in [1.807, 2.05) is 4.52 Å². The number of hydrogen-bond acceptors (Lipinski definition) is 6. The predicted molar refractivity (Wildman–Crippen MR) is 89.9 cm³/mol. The van der Waals surface area contributed by atoms with Crippen molar-refractivity contribution in [3.8, 4) is 0 Å². The van der Waals surface area contributed by atoms with Crippen molar-refractivity contribution < 1.29 is 0 Å². The first-order chi connectivity index (χ1) is 11.7. The lowest BCUT2D eigenvalue weighted by atomic mass is 10.2. The summed E-state index contributed by atoms with van der Waals surface area (Å²) >= 11 is 0. The quantitative estimate of drug-likeness (QED) is 0.728. The normalized spacial score (nSPS) is 14.6. The molecule has 8 nitrogen and oxygen atoms in total. The van der Waals surface area contributed by atoms with Gasteiger partial charge in [-0.05, 0) is 6.42 Å². The molecular formula is C16H22N8. The largest absolute Gasteiger partial charge is 0.347 e. The summed E-state index contributed by atoms with van der Waals surface area (Å²) in [5.74, 6) is 4.15. The van der Waals surface area contributed by atoms with Crippen LogP contribution in [-0.4, -0.2) is 40.9 Å². The second-order valence-corrected chi connectivity index (χ2v) is 6.53. The SMILES string of the molecule is CCCc1cc(N2CCn3c(nnc3C(C)C)C2)n2ncnc2n1. The molecule has 0 fully saturated rings. The number of anilines is 1. The van der Waals surface area contributed by atoms with Crippen molar-refractivity contribution >= 4 is 11.6 Å². The lowest BCUT2D eigenvalue weighted by Crippen LogP contribution is -2.36. The number of fused-ring (bicyclic) bond motifs is 2. The Balaban J connectivity index is 1.71. The third kappa shape index (κ3) is 2.42. The number of aryl methyl sites for hydroxylation is 1. The molecule has 0 unspecified atom stereocenters. The van der Waals surface area contributed by atoms with Crippen molar-refractivity contribution in [3.63, 3.8) is 0 Å². The summed E-state index contributed by atoms with van der Waals surface area (Å²) in [6.07, 6.45) is 3.56. The summed E-state index contributed by atoms with van der Waals surface area (Å²) in [5, 5.41) is 13.1. The van der Waals surface area contributed by atoms with E-state index in [9.17, 15) is 0 Å². The molecule has 4 rings (SSSR count). The van der Waals surface area contributed by atoms with Crippen LogP contribution in [0.5, 0.6) is 0 Å². The van der Waals surface area contributed by atoms with Crippen molar-refractivity contribution in [1.82, 2.24) is 34.3 Å². The fraction of sp³-hybridized carbons (Fsp3) is 0.562. The van der Waals surface area contributed by atoms with Gasteiger partial charge in [0.1, 0.15) is 18.0 Å². The van der Waals surface area contributed by atoms with E-state index >= 15 is 0 Å². The van der Waals surface area contributed by atoms with Gasteiger partial charge >= 0.3 is 0 Å². The lowest BCUT2D eigenvalue weighted by Gasteiger charge is -2.30. The first kappa shape index (κ1) is 15.0. The van der Waals surface area contributed by atoms with Gasteiger partial charge in [-0.2, -0.15) is 14.6 Å². The van der Waals surface area contributed by atoms with E-state index in [2.05, 4.69) is 61.6 Å². The number of hydrogen-bond donors (Lipinski definition) is 0. The molecular weight excluding hydrogens is 304 g/mol. The molecule has 0 amide bonds. The maximum Gasteiger partial charge on any atom is 0.254 e. The van der Waals surface area contributed by atoms with E-state index in [0.717, 1.165) is 55.6 Å². The highest BCUT2D eigenvalue weighted by Gasteiger charge is 2.24. The van der Waals surface area contributed by atoms with E-state index in [-0.39, 0.29) is 0 Å². The standard InChI is InChI=1S/C16H22N8/c1-4-5-12-8-14(24-16(19-12)17-10-18-24)22-6-7-23-13(9-22)20-21-15(23)11(2)3/h8,10-11H,4-7,9H2,1-3H3. The third-order valence-electron chi connectivity index (χ3n) is 4.41. The van der Waals surface area contributed by atoms with Crippen LogP contribution in [0.3, 0.4) is 0 Å². The molecule has 3 aromatic rings. The van der Waals surface area contributed by atoms with E-state index in [4.69, 9.17) is 0 Å². The fourth-order valence-corrected chi connectivity index (χ4v) is 3.26. The molecule has 0 radical (unpaired) electrons. The van der Waals surface area contributed by atoms with Gasteiger partial charge in [-0.15, -0.1) is 10.2 Å². The Kier molecular flexibility index (Phi) is 3.66. The smallest absolute Gasteiger partial charge is 0.254 e. The van der Waals surface area contributed by atoms with E-state index in [0.29, 0.717) is 11.7 Å². The topological polar surface area (TPSA) is 77.0 Å². The van der Waals surface area contributed by atoms with Crippen LogP contribution in [-0.2, 0) is 19.5 Å². The summed E-state index contributed by atoms with van der Waals surface area (Å²) in [4.78, 5) is 11.1. The molecule has 0 N–H and O–H groups in total. The summed E-state index contributed by atoms with van der Waals surface area (Å²) in [6, 6.07) is 2.13. The Bertz CT molecular complexity index is 862. The molecule has 3 aromatic heterocycles. The van der Waals surface area contributed by atoms with Gasteiger partial charge < -0.3 is 9.47 Å². The lowest BCUT2D eigenvalue weighted by molar-refractivity contribution is 0.526. The zero-order chi connectivity index (χ0) is 16.7. The first-order valence-corrected chi connectivity index (χ1v) is 8.54. The van der Waals surface area contributed by atoms with Crippen LogP contribution in [0, 0.1) is 0 Å². The molecule has 0 atom stereocenters. The van der Waals surface area contributed by atoms with Crippen molar-refractivity contribution in [1.29, 1.82) is 0 Å². The van der Waals surface area contributed by atoms with Gasteiger partial charge in [-0.3, -0.25) is 0 Å². The van der Waals surface area contributed by atoms with Crippen LogP contribution in [0.25, 0.3) is 5.78 Å². The minimum Gasteiger partial charge on any atom is -0.347 e. The molecule has 0 saturated heterocycles. The van der Waals surface area contributed by atoms with Crippen molar-refractivity contribution in [2.75, 3.05) is 11.4 Å². The highest BCUT2D eigenvalue weighted by atomic mass is 15.4. The van der Waals surface area contributed by atoms with Gasteiger partial charge in [-0.1, -0.05) is 27.2 Å². The van der Waals surface area contributed by atoms with Crippen molar-refractivity contribution in [3.05, 3.63) is 29.7 Å². The van der Waals surface area contributed by atoms with Gasteiger partial charge in [0.05, 0.1) is 6.54 Å². The molecule has 8 heteroatoms. The molecule has 0 spiro atoms. The van der Waals surface area contributed by atoms with Gasteiger partial charge in [0.15, 0.2) is 5.82 Å². The van der Waals surface area contributed by atoms with Crippen LogP contribution in [0.2, 0.25) is 0 Å². The van der Waals surface area contributed by atoms with Crippen LogP contribution >= 0.6 is 0 Å². The molecule has 126 valence electrons. The highest BCUT2D eigenvalue weighted by Crippen LogP contribution is 2.24. The first-order valence-electron chi connectivity index (χ1n) is 8.54. The summed E-state index contributed by atoms with van der Waals surface area (Å²) in [5.41, 5.74) is 1.06. The van der Waals surface area contributed by atoms with Crippen LogP contribution in [0.4, 0.5) is 5.82 Å². The average Bonchev–Trinajstić information content (AvgIpc) is 3.20. The maximum absolute atomic E-state index is 4.58. The van der Waals surface area contributed by atoms with Crippen molar-refractivity contribution in [2.24, 2.45) is 0 Å². The van der Waals surface area contributed by atoms with E-state index < -0.39 is 0 Å². The molecule has 1 aliphatic rings. The Hall–Kier alpha value is -2.51. The number of rotatable bonds is 4. The number of aromatic nitrogens is 7. The van der Waals surface area contributed by atoms with Gasteiger partial charge in [0, 0.05) is 30.8 Å². The van der Waals surface area contributed by atoms with Crippen LogP contribution < -0.4 is 4.90 Å². The summed E-state index contributed by atoms with van der Waals surface area (Å²) in [6.45, 7) is 8.98. The monoisotopic (exact) mass is 326 g/mol. The molecule has 24 heavy (non-hydrogen) atoms. The minimum absolute atomic E-state index is 0.386. The molecule has 0 aliphatic carbocycles. The van der Waals surface area contributed by atoms with Crippen LogP contribution in [0.15, 0.2) is 12.4 Å². The predicted octanol–water partition coefficient (Wildman–Crippen LogP) is 1.81. The van der Waals surface area contributed by atoms with E-state index in [1.54, 1.807) is 6.33 Å². The molecule has 4 heterocycles. The average molecular weight is 326 g/mol. The van der Waals surface area contributed by atoms with Crippen molar-refractivity contribution in [2.45, 2.75) is 52.6 Å². The van der Waals surface area contributed by atoms with Gasteiger partial charge in [0.25, 0.3) is 5.78 Å². The molecule has 0 aromatic carbocycles.